The van der Waals surface area contributed by atoms with Crippen LogP contribution in [-0.2, 0) is 10.8 Å². The lowest BCUT2D eigenvalue weighted by Crippen LogP contribution is -2.44. The molecule has 0 atom stereocenters. The second-order valence-corrected chi connectivity index (χ2v) is 9.67. The average Bonchev–Trinajstić information content (AvgIpc) is 2.57. The Hall–Kier alpha value is -0.803. The Kier molecular flexibility index (Phi) is 9.49. The third kappa shape index (κ3) is 6.13. The summed E-state index contributed by atoms with van der Waals surface area (Å²) in [5, 5.41) is 0. The molecule has 2 nitrogen and oxygen atoms in total. The number of para-hydroxylation sites is 1. The molecular formula is C19H34O2Si. The summed E-state index contributed by atoms with van der Waals surface area (Å²) in [6.07, 6.45) is 7.40. The monoisotopic (exact) mass is 322 g/mol. The molecule has 0 fully saturated rings. The van der Waals surface area contributed by atoms with Crippen LogP contribution in [0.3, 0.4) is 0 Å². The van der Waals surface area contributed by atoms with Crippen molar-refractivity contribution in [2.45, 2.75) is 78.3 Å². The maximum Gasteiger partial charge on any atom is 0.398 e. The van der Waals surface area contributed by atoms with Crippen molar-refractivity contribution in [1.29, 1.82) is 0 Å². The van der Waals surface area contributed by atoms with Gasteiger partial charge in [-0.05, 0) is 36.6 Å². The minimum atomic E-state index is -2.10. The van der Waals surface area contributed by atoms with E-state index in [9.17, 15) is 0 Å². The molecule has 0 N–H and O–H groups in total. The summed E-state index contributed by atoms with van der Waals surface area (Å²) in [7, 11) is -2.10. The predicted octanol–water partition coefficient (Wildman–Crippen LogP) is 6.10. The zero-order valence-corrected chi connectivity index (χ0v) is 16.0. The molecule has 0 aliphatic heterocycles. The van der Waals surface area contributed by atoms with Gasteiger partial charge in [-0.15, -0.1) is 0 Å². The van der Waals surface area contributed by atoms with Gasteiger partial charge in [-0.1, -0.05) is 71.6 Å². The van der Waals surface area contributed by atoms with Crippen LogP contribution in [0.4, 0.5) is 0 Å². The normalized spacial score (nSPS) is 11.6. The maximum absolute atomic E-state index is 6.47. The van der Waals surface area contributed by atoms with Crippen LogP contribution in [0.1, 0.15) is 65.4 Å². The Morgan fingerprint density at radius 2 is 1.55 bits per heavy atom. The van der Waals surface area contributed by atoms with Gasteiger partial charge in [0.2, 0.25) is 0 Å². The van der Waals surface area contributed by atoms with Crippen molar-refractivity contribution in [2.75, 3.05) is 6.61 Å². The Morgan fingerprint density at radius 1 is 0.864 bits per heavy atom. The Morgan fingerprint density at radius 3 is 2.18 bits per heavy atom. The second kappa shape index (κ2) is 10.8. The third-order valence-electron chi connectivity index (χ3n) is 4.34. The van der Waals surface area contributed by atoms with Crippen LogP contribution in [-0.4, -0.2) is 15.2 Å². The van der Waals surface area contributed by atoms with Gasteiger partial charge in [0.1, 0.15) is 5.75 Å². The molecule has 0 amide bonds. The standard InChI is InChI=1S/C19H34O2Si/c1-5-9-10-11-14-17-20-22(7-3,8-4)21-19-16-13-12-15-18(19)6-2/h12-13,15-16H,5-11,14,17H2,1-4H3. The van der Waals surface area contributed by atoms with Crippen LogP contribution in [0.2, 0.25) is 12.1 Å². The molecular weight excluding hydrogens is 288 g/mol. The third-order valence-corrected chi connectivity index (χ3v) is 7.82. The highest BCUT2D eigenvalue weighted by Crippen LogP contribution is 2.27. The lowest BCUT2D eigenvalue weighted by molar-refractivity contribution is 0.230. The van der Waals surface area contributed by atoms with E-state index in [0.29, 0.717) is 0 Å². The molecule has 0 saturated heterocycles. The quantitative estimate of drug-likeness (QED) is 0.342. The van der Waals surface area contributed by atoms with Crippen LogP contribution in [0.15, 0.2) is 24.3 Å². The number of rotatable bonds is 12. The fourth-order valence-corrected chi connectivity index (χ4v) is 5.06. The number of aryl methyl sites for hydroxylation is 1. The molecule has 3 heteroatoms. The van der Waals surface area contributed by atoms with Gasteiger partial charge in [0.15, 0.2) is 0 Å². The van der Waals surface area contributed by atoms with Crippen molar-refractivity contribution >= 4 is 8.56 Å². The van der Waals surface area contributed by atoms with E-state index in [0.717, 1.165) is 37.3 Å². The molecule has 1 aromatic carbocycles. The zero-order valence-electron chi connectivity index (χ0n) is 15.0. The van der Waals surface area contributed by atoms with E-state index in [4.69, 9.17) is 8.85 Å². The zero-order chi connectivity index (χ0) is 16.3. The summed E-state index contributed by atoms with van der Waals surface area (Å²) in [5.41, 5.74) is 1.29. The number of benzene rings is 1. The Balaban J connectivity index is 2.58. The molecule has 0 spiro atoms. The lowest BCUT2D eigenvalue weighted by atomic mass is 10.1. The second-order valence-electron chi connectivity index (χ2n) is 5.94. The molecule has 0 aliphatic rings. The highest BCUT2D eigenvalue weighted by atomic mass is 28.4. The molecule has 1 aromatic rings. The minimum absolute atomic E-state index is 0.853. The Labute approximate surface area is 138 Å². The van der Waals surface area contributed by atoms with Crippen molar-refractivity contribution < 1.29 is 8.85 Å². The predicted molar refractivity (Wildman–Crippen MR) is 97.9 cm³/mol. The van der Waals surface area contributed by atoms with E-state index in [1.54, 1.807) is 0 Å². The molecule has 0 aromatic heterocycles. The van der Waals surface area contributed by atoms with Crippen molar-refractivity contribution in [2.24, 2.45) is 0 Å². The summed E-state index contributed by atoms with van der Waals surface area (Å²) in [4.78, 5) is 0. The van der Waals surface area contributed by atoms with Crippen LogP contribution in [0.5, 0.6) is 5.75 Å². The summed E-state index contributed by atoms with van der Waals surface area (Å²) in [6.45, 7) is 9.70. The van der Waals surface area contributed by atoms with Crippen molar-refractivity contribution in [3.8, 4) is 5.75 Å². The fourth-order valence-electron chi connectivity index (χ4n) is 2.69. The van der Waals surface area contributed by atoms with E-state index in [1.165, 1.54) is 31.2 Å². The summed E-state index contributed by atoms with van der Waals surface area (Å²) in [6, 6.07) is 10.4. The van der Waals surface area contributed by atoms with E-state index in [2.05, 4.69) is 52.0 Å². The van der Waals surface area contributed by atoms with Gasteiger partial charge >= 0.3 is 8.56 Å². The summed E-state index contributed by atoms with van der Waals surface area (Å²) in [5.74, 6) is 1.03. The number of hydrogen-bond acceptors (Lipinski definition) is 2. The average molecular weight is 323 g/mol. The topological polar surface area (TPSA) is 18.5 Å². The lowest BCUT2D eigenvalue weighted by Gasteiger charge is -2.30. The molecule has 0 heterocycles. The summed E-state index contributed by atoms with van der Waals surface area (Å²) >= 11 is 0. The van der Waals surface area contributed by atoms with E-state index >= 15 is 0 Å². The largest absolute Gasteiger partial charge is 0.520 e. The smallest absolute Gasteiger partial charge is 0.398 e. The van der Waals surface area contributed by atoms with Gasteiger partial charge in [0, 0.05) is 6.61 Å². The van der Waals surface area contributed by atoms with Gasteiger partial charge in [-0.2, -0.15) is 0 Å². The van der Waals surface area contributed by atoms with Gasteiger partial charge in [0.05, 0.1) is 0 Å². The fraction of sp³-hybridized carbons (Fsp3) is 0.684. The molecule has 22 heavy (non-hydrogen) atoms. The van der Waals surface area contributed by atoms with Crippen LogP contribution in [0.25, 0.3) is 0 Å². The number of hydrogen-bond donors (Lipinski definition) is 0. The van der Waals surface area contributed by atoms with Gasteiger partial charge in [-0.25, -0.2) is 0 Å². The van der Waals surface area contributed by atoms with Crippen molar-refractivity contribution in [3.05, 3.63) is 29.8 Å². The van der Waals surface area contributed by atoms with Crippen molar-refractivity contribution in [1.82, 2.24) is 0 Å². The number of unbranched alkanes of at least 4 members (excludes halogenated alkanes) is 4. The van der Waals surface area contributed by atoms with Crippen LogP contribution in [0, 0.1) is 0 Å². The highest BCUT2D eigenvalue weighted by molar-refractivity contribution is 6.68. The summed E-state index contributed by atoms with van der Waals surface area (Å²) < 4.78 is 12.8. The molecule has 0 saturated carbocycles. The first-order valence-corrected chi connectivity index (χ1v) is 11.3. The maximum atomic E-state index is 6.47. The molecule has 0 radical (unpaired) electrons. The first kappa shape index (κ1) is 19.2. The SMILES string of the molecule is CCCCCCCO[Si](CC)(CC)Oc1ccccc1CC. The van der Waals surface area contributed by atoms with Gasteiger partial charge in [-0.3, -0.25) is 0 Å². The first-order chi connectivity index (χ1) is 10.7. The minimum Gasteiger partial charge on any atom is -0.520 e. The van der Waals surface area contributed by atoms with E-state index < -0.39 is 8.56 Å². The van der Waals surface area contributed by atoms with E-state index in [-0.39, 0.29) is 0 Å². The highest BCUT2D eigenvalue weighted by Gasteiger charge is 2.36. The van der Waals surface area contributed by atoms with Crippen LogP contribution >= 0.6 is 0 Å². The molecule has 0 unspecified atom stereocenters. The van der Waals surface area contributed by atoms with E-state index in [1.807, 2.05) is 0 Å². The first-order valence-electron chi connectivity index (χ1n) is 9.12. The van der Waals surface area contributed by atoms with Gasteiger partial charge in [0.25, 0.3) is 0 Å². The van der Waals surface area contributed by atoms with Crippen LogP contribution < -0.4 is 4.43 Å². The van der Waals surface area contributed by atoms with Gasteiger partial charge < -0.3 is 8.85 Å². The molecule has 126 valence electrons. The van der Waals surface area contributed by atoms with Crippen molar-refractivity contribution in [3.63, 3.8) is 0 Å². The molecule has 1 rings (SSSR count). The molecule has 0 aliphatic carbocycles. The Bertz CT molecular complexity index is 402. The molecule has 0 bridgehead atoms.